The van der Waals surface area contributed by atoms with Gasteiger partial charge in [0.1, 0.15) is 0 Å². The Hall–Kier alpha value is -1.34. The van der Waals surface area contributed by atoms with Crippen LogP contribution in [0.4, 0.5) is 9.59 Å². The summed E-state index contributed by atoms with van der Waals surface area (Å²) in [5.41, 5.74) is 4.70. The molecule has 0 aliphatic carbocycles. The summed E-state index contributed by atoms with van der Waals surface area (Å²) in [5, 5.41) is 19.5. The highest BCUT2D eigenvalue weighted by Crippen LogP contribution is 2.07. The second kappa shape index (κ2) is 2.36. The van der Waals surface area contributed by atoms with Crippen molar-refractivity contribution in [1.29, 1.82) is 0 Å². The molecule has 5 N–H and O–H groups in total. The molecule has 0 aromatic carbocycles. The number of hydrogen-bond acceptors (Lipinski definition) is 4. The number of amides is 4. The number of primary amides is 1. The number of aliphatic hydroxyl groups excluding tert-OH is 2. The van der Waals surface area contributed by atoms with Crippen LogP contribution < -0.4 is 11.1 Å². The predicted molar refractivity (Wildman–Crippen MR) is 32.0 cm³/mol. The lowest BCUT2D eigenvalue weighted by atomic mass is 10.5. The van der Waals surface area contributed by atoms with Gasteiger partial charge in [-0.2, -0.15) is 0 Å². The molecule has 2 atom stereocenters. The minimum atomic E-state index is -1.60. The van der Waals surface area contributed by atoms with Gasteiger partial charge in [0.25, 0.3) is 0 Å². The molecule has 1 saturated heterocycles. The van der Waals surface area contributed by atoms with Crippen LogP contribution in [0.3, 0.4) is 0 Å². The Labute approximate surface area is 61.4 Å². The molecule has 1 aliphatic heterocycles. The van der Waals surface area contributed by atoms with E-state index in [1.165, 1.54) is 0 Å². The average molecular weight is 161 g/mol. The van der Waals surface area contributed by atoms with E-state index in [-0.39, 0.29) is 0 Å². The van der Waals surface area contributed by atoms with Crippen molar-refractivity contribution in [3.05, 3.63) is 0 Å². The SMILES string of the molecule is NC(=O)N1C(=O)NC(O)C1O. The standard InChI is InChI=1S/C4H7N3O4/c5-3(10)7-2(9)1(8)6-4(7)11/h1-2,8-9H,(H2,5,10)(H,6,11). The Kier molecular flexibility index (Phi) is 1.67. The summed E-state index contributed by atoms with van der Waals surface area (Å²) < 4.78 is 0. The topological polar surface area (TPSA) is 116 Å². The van der Waals surface area contributed by atoms with Crippen LogP contribution in [0.1, 0.15) is 0 Å². The number of urea groups is 2. The summed E-state index contributed by atoms with van der Waals surface area (Å²) in [6.45, 7) is 0. The molecule has 1 aliphatic rings. The average Bonchev–Trinajstić information content (AvgIpc) is 2.07. The number of rotatable bonds is 0. The zero-order valence-corrected chi connectivity index (χ0v) is 5.39. The summed E-state index contributed by atoms with van der Waals surface area (Å²) in [4.78, 5) is 21.3. The fourth-order valence-corrected chi connectivity index (χ4v) is 0.762. The van der Waals surface area contributed by atoms with Crippen molar-refractivity contribution in [3.63, 3.8) is 0 Å². The van der Waals surface area contributed by atoms with E-state index in [2.05, 4.69) is 0 Å². The van der Waals surface area contributed by atoms with E-state index in [4.69, 9.17) is 15.9 Å². The molecule has 7 heteroatoms. The molecule has 0 saturated carbocycles. The van der Waals surface area contributed by atoms with E-state index in [0.29, 0.717) is 4.90 Å². The van der Waals surface area contributed by atoms with Crippen molar-refractivity contribution >= 4 is 12.1 Å². The zero-order valence-electron chi connectivity index (χ0n) is 5.39. The van der Waals surface area contributed by atoms with Crippen LogP contribution >= 0.6 is 0 Å². The first-order chi connectivity index (χ1) is 5.04. The Morgan fingerprint density at radius 1 is 1.64 bits per heavy atom. The minimum Gasteiger partial charge on any atom is -0.369 e. The molecule has 7 nitrogen and oxygen atoms in total. The van der Waals surface area contributed by atoms with Crippen molar-refractivity contribution in [2.24, 2.45) is 5.73 Å². The first-order valence-electron chi connectivity index (χ1n) is 2.79. The third-order valence-electron chi connectivity index (χ3n) is 1.27. The van der Waals surface area contributed by atoms with Gasteiger partial charge in [-0.25, -0.2) is 14.5 Å². The summed E-state index contributed by atoms with van der Waals surface area (Å²) in [6.07, 6.45) is -3.06. The molecule has 0 bridgehead atoms. The van der Waals surface area contributed by atoms with Gasteiger partial charge in [0.2, 0.25) is 0 Å². The maximum Gasteiger partial charge on any atom is 0.330 e. The quantitative estimate of drug-likeness (QED) is 0.320. The van der Waals surface area contributed by atoms with E-state index in [0.717, 1.165) is 0 Å². The molecule has 0 radical (unpaired) electrons. The molecule has 1 heterocycles. The van der Waals surface area contributed by atoms with Crippen molar-refractivity contribution in [2.75, 3.05) is 0 Å². The third-order valence-corrected chi connectivity index (χ3v) is 1.27. The monoisotopic (exact) mass is 161 g/mol. The Morgan fingerprint density at radius 3 is 2.36 bits per heavy atom. The van der Waals surface area contributed by atoms with Crippen molar-refractivity contribution in [3.8, 4) is 0 Å². The van der Waals surface area contributed by atoms with Crippen molar-refractivity contribution in [1.82, 2.24) is 10.2 Å². The molecule has 11 heavy (non-hydrogen) atoms. The lowest BCUT2D eigenvalue weighted by Crippen LogP contribution is -2.44. The summed E-state index contributed by atoms with van der Waals surface area (Å²) in [5.74, 6) is 0. The van der Waals surface area contributed by atoms with Crippen LogP contribution in [0.15, 0.2) is 0 Å². The second-order valence-electron chi connectivity index (χ2n) is 2.02. The van der Waals surface area contributed by atoms with Gasteiger partial charge < -0.3 is 21.3 Å². The number of imide groups is 1. The van der Waals surface area contributed by atoms with Crippen molar-refractivity contribution in [2.45, 2.75) is 12.5 Å². The van der Waals surface area contributed by atoms with Gasteiger partial charge in [-0.1, -0.05) is 0 Å². The molecule has 0 aromatic rings. The van der Waals surface area contributed by atoms with Crippen LogP contribution in [0, 0.1) is 0 Å². The molecule has 4 amide bonds. The smallest absolute Gasteiger partial charge is 0.330 e. The van der Waals surface area contributed by atoms with E-state index in [1.807, 2.05) is 5.32 Å². The summed E-state index contributed by atoms with van der Waals surface area (Å²) in [7, 11) is 0. The molecular weight excluding hydrogens is 154 g/mol. The van der Waals surface area contributed by atoms with Crippen LogP contribution in [-0.2, 0) is 0 Å². The van der Waals surface area contributed by atoms with Gasteiger partial charge in [-0.05, 0) is 0 Å². The van der Waals surface area contributed by atoms with Gasteiger partial charge in [-0.3, -0.25) is 0 Å². The van der Waals surface area contributed by atoms with Crippen molar-refractivity contribution < 1.29 is 19.8 Å². The molecular formula is C4H7N3O4. The van der Waals surface area contributed by atoms with Gasteiger partial charge in [0.15, 0.2) is 12.5 Å². The first-order valence-corrected chi connectivity index (χ1v) is 2.79. The Morgan fingerprint density at radius 2 is 2.18 bits per heavy atom. The zero-order chi connectivity index (χ0) is 8.59. The Bertz CT molecular complexity index is 206. The summed E-state index contributed by atoms with van der Waals surface area (Å²) in [6, 6.07) is -2.01. The number of carbonyl (C=O) groups excluding carboxylic acids is 2. The van der Waals surface area contributed by atoms with E-state index >= 15 is 0 Å². The fraction of sp³-hybridized carbons (Fsp3) is 0.500. The maximum absolute atomic E-state index is 10.6. The van der Waals surface area contributed by atoms with E-state index in [9.17, 15) is 9.59 Å². The summed E-state index contributed by atoms with van der Waals surface area (Å²) >= 11 is 0. The Balaban J connectivity index is 2.79. The fourth-order valence-electron chi connectivity index (χ4n) is 0.762. The number of aliphatic hydroxyl groups is 2. The molecule has 1 rings (SSSR count). The van der Waals surface area contributed by atoms with Gasteiger partial charge in [0, 0.05) is 0 Å². The number of nitrogens with zero attached hydrogens (tertiary/aromatic N) is 1. The van der Waals surface area contributed by atoms with Gasteiger partial charge >= 0.3 is 12.1 Å². The molecule has 2 unspecified atom stereocenters. The second-order valence-corrected chi connectivity index (χ2v) is 2.02. The normalized spacial score (nSPS) is 30.4. The molecule has 1 fully saturated rings. The van der Waals surface area contributed by atoms with Crippen LogP contribution in [-0.4, -0.2) is 39.6 Å². The number of nitrogens with one attached hydrogen (secondary N) is 1. The highest BCUT2D eigenvalue weighted by molar-refractivity contribution is 5.94. The number of nitrogens with two attached hydrogens (primary N) is 1. The van der Waals surface area contributed by atoms with Crippen LogP contribution in [0.25, 0.3) is 0 Å². The molecule has 0 aromatic heterocycles. The first kappa shape index (κ1) is 7.76. The lowest BCUT2D eigenvalue weighted by Gasteiger charge is -2.13. The number of carbonyl (C=O) groups is 2. The lowest BCUT2D eigenvalue weighted by molar-refractivity contribution is -0.0185. The van der Waals surface area contributed by atoms with Crippen LogP contribution in [0.5, 0.6) is 0 Å². The highest BCUT2D eigenvalue weighted by Gasteiger charge is 2.40. The maximum atomic E-state index is 10.6. The van der Waals surface area contributed by atoms with Gasteiger partial charge in [-0.15, -0.1) is 0 Å². The third kappa shape index (κ3) is 1.10. The minimum absolute atomic E-state index is 0.324. The largest absolute Gasteiger partial charge is 0.369 e. The number of hydrogen-bond donors (Lipinski definition) is 4. The van der Waals surface area contributed by atoms with E-state index < -0.39 is 24.5 Å². The van der Waals surface area contributed by atoms with E-state index in [1.54, 1.807) is 0 Å². The van der Waals surface area contributed by atoms with Gasteiger partial charge in [0.05, 0.1) is 0 Å². The van der Waals surface area contributed by atoms with Crippen LogP contribution in [0.2, 0.25) is 0 Å². The molecule has 62 valence electrons. The predicted octanol–water partition coefficient (Wildman–Crippen LogP) is -2.27. The molecule has 0 spiro atoms. The highest BCUT2D eigenvalue weighted by atomic mass is 16.4.